The Bertz CT molecular complexity index is 510. The van der Waals surface area contributed by atoms with Crippen molar-refractivity contribution in [2.24, 2.45) is 5.92 Å². The van der Waals surface area contributed by atoms with Gasteiger partial charge in [0.05, 0.1) is 14.2 Å². The summed E-state index contributed by atoms with van der Waals surface area (Å²) in [6.07, 6.45) is 2.17. The van der Waals surface area contributed by atoms with E-state index in [2.05, 4.69) is 24.1 Å². The Balaban J connectivity index is 0.00000288. The summed E-state index contributed by atoms with van der Waals surface area (Å²) in [4.78, 5) is 2.39. The van der Waals surface area contributed by atoms with Crippen molar-refractivity contribution in [1.82, 2.24) is 10.2 Å². The molecule has 6 heteroatoms. The lowest BCUT2D eigenvalue weighted by Gasteiger charge is -2.39. The Kier molecular flexibility index (Phi) is 8.81. The second kappa shape index (κ2) is 10.1. The van der Waals surface area contributed by atoms with Crippen LogP contribution >= 0.6 is 12.4 Å². The van der Waals surface area contributed by atoms with Crippen LogP contribution in [0.3, 0.4) is 0 Å². The van der Waals surface area contributed by atoms with Crippen LogP contribution in [0, 0.1) is 11.7 Å². The van der Waals surface area contributed by atoms with E-state index >= 15 is 0 Å². The van der Waals surface area contributed by atoms with E-state index in [9.17, 15) is 4.39 Å². The van der Waals surface area contributed by atoms with Gasteiger partial charge in [-0.15, -0.1) is 12.4 Å². The van der Waals surface area contributed by atoms with E-state index in [0.717, 1.165) is 39.0 Å². The third-order valence-corrected chi connectivity index (χ3v) is 4.65. The molecule has 1 unspecified atom stereocenters. The van der Waals surface area contributed by atoms with Gasteiger partial charge >= 0.3 is 0 Å². The second-order valence-electron chi connectivity index (χ2n) is 6.23. The summed E-state index contributed by atoms with van der Waals surface area (Å²) >= 11 is 0. The number of hydrogen-bond acceptors (Lipinski definition) is 4. The second-order valence-corrected chi connectivity index (χ2v) is 6.23. The number of benzene rings is 1. The molecule has 1 aliphatic heterocycles. The summed E-state index contributed by atoms with van der Waals surface area (Å²) < 4.78 is 25.4. The van der Waals surface area contributed by atoms with E-state index in [0.29, 0.717) is 23.0 Å². The highest BCUT2D eigenvalue weighted by molar-refractivity contribution is 5.85. The normalized spacial score (nSPS) is 17.7. The number of nitrogens with one attached hydrogen (secondary N) is 1. The number of piperazine rings is 1. The van der Waals surface area contributed by atoms with Crippen LogP contribution in [0.5, 0.6) is 11.5 Å². The first-order valence-corrected chi connectivity index (χ1v) is 8.48. The maximum Gasteiger partial charge on any atom is 0.163 e. The highest BCUT2D eigenvalue weighted by atomic mass is 35.5. The molecule has 0 radical (unpaired) electrons. The Morgan fingerprint density at radius 3 is 2.29 bits per heavy atom. The van der Waals surface area contributed by atoms with Gasteiger partial charge in [-0.3, -0.25) is 4.90 Å². The molecule has 0 amide bonds. The van der Waals surface area contributed by atoms with Crippen LogP contribution in [-0.2, 0) is 0 Å². The molecule has 1 fully saturated rings. The molecular weight excluding hydrogens is 331 g/mol. The van der Waals surface area contributed by atoms with Gasteiger partial charge in [0.25, 0.3) is 0 Å². The van der Waals surface area contributed by atoms with Crippen LogP contribution in [-0.4, -0.2) is 45.3 Å². The summed E-state index contributed by atoms with van der Waals surface area (Å²) in [5.74, 6) is 1.20. The number of nitrogens with zero attached hydrogens (tertiary/aromatic N) is 1. The third-order valence-electron chi connectivity index (χ3n) is 4.65. The molecule has 2 rings (SSSR count). The maximum atomic E-state index is 14.8. The molecule has 138 valence electrons. The van der Waals surface area contributed by atoms with Gasteiger partial charge in [0.2, 0.25) is 0 Å². The van der Waals surface area contributed by atoms with Crippen molar-refractivity contribution in [3.05, 3.63) is 23.5 Å². The van der Waals surface area contributed by atoms with Crippen molar-refractivity contribution in [1.29, 1.82) is 0 Å². The Hall–Kier alpha value is -1.04. The zero-order chi connectivity index (χ0) is 16.8. The zero-order valence-electron chi connectivity index (χ0n) is 15.1. The average Bonchev–Trinajstić information content (AvgIpc) is 2.57. The largest absolute Gasteiger partial charge is 0.493 e. The van der Waals surface area contributed by atoms with Gasteiger partial charge in [-0.05, 0) is 18.4 Å². The lowest BCUT2D eigenvalue weighted by Crippen LogP contribution is -2.46. The van der Waals surface area contributed by atoms with Gasteiger partial charge in [0.1, 0.15) is 5.82 Å². The topological polar surface area (TPSA) is 33.7 Å². The molecule has 0 aromatic heterocycles. The van der Waals surface area contributed by atoms with Crippen molar-refractivity contribution < 1.29 is 13.9 Å². The molecule has 4 nitrogen and oxygen atoms in total. The number of methoxy groups -OCH3 is 2. The van der Waals surface area contributed by atoms with E-state index in [1.165, 1.54) is 13.2 Å². The Labute approximate surface area is 151 Å². The molecule has 0 aliphatic carbocycles. The van der Waals surface area contributed by atoms with Crippen molar-refractivity contribution >= 4 is 12.4 Å². The number of halogens is 2. The zero-order valence-corrected chi connectivity index (χ0v) is 15.9. The van der Waals surface area contributed by atoms with Gasteiger partial charge in [-0.2, -0.15) is 0 Å². The lowest BCUT2D eigenvalue weighted by atomic mass is 9.88. The standard InChI is InChI=1S/C18H29FN2O2.ClH/c1-5-6-13(2)18(21-9-7-20-8-10-21)14-11-16(22-3)17(23-4)12-15(14)19;/h11-13,18,20H,5-10H2,1-4H3;1H/t13?,18-;/m1./s1. The monoisotopic (exact) mass is 360 g/mol. The molecule has 1 aliphatic rings. The summed E-state index contributed by atoms with van der Waals surface area (Å²) in [6, 6.07) is 3.33. The first-order valence-electron chi connectivity index (χ1n) is 8.48. The number of hydrogen-bond donors (Lipinski definition) is 1. The van der Waals surface area contributed by atoms with Gasteiger partial charge < -0.3 is 14.8 Å². The van der Waals surface area contributed by atoms with Crippen LogP contribution in [0.2, 0.25) is 0 Å². The molecule has 0 spiro atoms. The third kappa shape index (κ3) is 4.74. The molecule has 1 heterocycles. The first-order chi connectivity index (χ1) is 11.1. The predicted molar refractivity (Wildman–Crippen MR) is 98.0 cm³/mol. The highest BCUT2D eigenvalue weighted by Gasteiger charge is 2.30. The Morgan fingerprint density at radius 2 is 1.75 bits per heavy atom. The summed E-state index contributed by atoms with van der Waals surface area (Å²) in [5, 5.41) is 3.37. The van der Waals surface area contributed by atoms with Crippen LogP contribution in [0.25, 0.3) is 0 Å². The molecule has 1 aromatic rings. The van der Waals surface area contributed by atoms with Gasteiger partial charge in [0, 0.05) is 43.9 Å². The summed E-state index contributed by atoms with van der Waals surface area (Å²) in [7, 11) is 3.12. The van der Waals surface area contributed by atoms with Crippen molar-refractivity contribution in [2.75, 3.05) is 40.4 Å². The number of rotatable bonds is 7. The fourth-order valence-electron chi connectivity index (χ4n) is 3.53. The first kappa shape index (κ1) is 21.0. The molecular formula is C18H30ClFN2O2. The molecule has 1 N–H and O–H groups in total. The molecule has 0 bridgehead atoms. The summed E-state index contributed by atoms with van der Waals surface area (Å²) in [6.45, 7) is 8.16. The van der Waals surface area contributed by atoms with Crippen molar-refractivity contribution in [3.8, 4) is 11.5 Å². The van der Waals surface area contributed by atoms with Gasteiger partial charge in [-0.1, -0.05) is 20.3 Å². The van der Waals surface area contributed by atoms with E-state index in [-0.39, 0.29) is 24.3 Å². The number of ether oxygens (including phenoxy) is 2. The maximum absolute atomic E-state index is 14.8. The van der Waals surface area contributed by atoms with Crippen LogP contribution < -0.4 is 14.8 Å². The van der Waals surface area contributed by atoms with Gasteiger partial charge in [0.15, 0.2) is 11.5 Å². The predicted octanol–water partition coefficient (Wildman–Crippen LogP) is 3.65. The minimum absolute atomic E-state index is 0. The average molecular weight is 361 g/mol. The lowest BCUT2D eigenvalue weighted by molar-refractivity contribution is 0.122. The molecule has 1 saturated heterocycles. The van der Waals surface area contributed by atoms with Crippen molar-refractivity contribution in [2.45, 2.75) is 32.7 Å². The van der Waals surface area contributed by atoms with Crippen molar-refractivity contribution in [3.63, 3.8) is 0 Å². The van der Waals surface area contributed by atoms with E-state index in [1.807, 2.05) is 6.07 Å². The molecule has 2 atom stereocenters. The van der Waals surface area contributed by atoms with Crippen LogP contribution in [0.1, 0.15) is 38.3 Å². The highest BCUT2D eigenvalue weighted by Crippen LogP contribution is 2.38. The van der Waals surface area contributed by atoms with E-state index < -0.39 is 0 Å². The molecule has 1 aromatic carbocycles. The fraction of sp³-hybridized carbons (Fsp3) is 0.667. The van der Waals surface area contributed by atoms with E-state index in [1.54, 1.807) is 7.11 Å². The van der Waals surface area contributed by atoms with Crippen LogP contribution in [0.4, 0.5) is 4.39 Å². The molecule has 24 heavy (non-hydrogen) atoms. The molecule has 0 saturated carbocycles. The SMILES string of the molecule is CCCC(C)[C@H](c1cc(OC)c(OC)cc1F)N1CCNCC1.Cl. The quantitative estimate of drug-likeness (QED) is 0.804. The minimum atomic E-state index is -0.214. The summed E-state index contributed by atoms with van der Waals surface area (Å²) in [5.41, 5.74) is 0.713. The minimum Gasteiger partial charge on any atom is -0.493 e. The Morgan fingerprint density at radius 1 is 1.17 bits per heavy atom. The van der Waals surface area contributed by atoms with Gasteiger partial charge in [-0.25, -0.2) is 4.39 Å². The smallest absolute Gasteiger partial charge is 0.163 e. The fourth-order valence-corrected chi connectivity index (χ4v) is 3.53. The van der Waals surface area contributed by atoms with Crippen LogP contribution in [0.15, 0.2) is 12.1 Å². The van der Waals surface area contributed by atoms with E-state index in [4.69, 9.17) is 9.47 Å².